The molecule has 1 aliphatic heterocycles. The van der Waals surface area contributed by atoms with Crippen molar-refractivity contribution in [3.63, 3.8) is 0 Å². The van der Waals surface area contributed by atoms with Crippen LogP contribution in [-0.4, -0.2) is 73.6 Å². The Hall–Kier alpha value is -3.52. The normalized spacial score (nSPS) is 14.1. The van der Waals surface area contributed by atoms with Crippen molar-refractivity contribution in [1.29, 1.82) is 0 Å². The standard InChI is InChI=1S/C19H18N6OS2.C2HF3O2/c1-13-22-15(12-28-13)19(26)24-7-5-23(6-8-24)17-18-21-10-16(14-2-9-27-11-14)25(18)4-3-20-17;3-2(4,5)1(6)7/h2-4,9-12H,5-8H2,1H3;(H,6,7). The molecule has 0 bridgehead atoms. The molecule has 1 N–H and O–H groups in total. The minimum Gasteiger partial charge on any atom is -0.475 e. The number of nitrogens with zero attached hydrogens (tertiary/aromatic N) is 6. The molecular formula is C21H19F3N6O3S2. The van der Waals surface area contributed by atoms with Crippen molar-refractivity contribution >= 4 is 46.0 Å². The molecule has 0 aromatic carbocycles. The number of imidazole rings is 1. The van der Waals surface area contributed by atoms with E-state index in [1.807, 2.05) is 35.8 Å². The SMILES string of the molecule is Cc1nc(C(=O)N2CCN(c3nccn4c(-c5ccsc5)cnc34)CC2)cs1.O=C(O)C(F)(F)F. The molecule has 5 rings (SSSR count). The molecule has 0 unspecified atom stereocenters. The zero-order valence-corrected chi connectivity index (χ0v) is 19.9. The van der Waals surface area contributed by atoms with Crippen LogP contribution >= 0.6 is 22.7 Å². The second kappa shape index (κ2) is 10.00. The summed E-state index contributed by atoms with van der Waals surface area (Å²) in [5, 5.41) is 14.1. The molecule has 35 heavy (non-hydrogen) atoms. The molecule has 0 saturated carbocycles. The molecule has 1 aliphatic rings. The van der Waals surface area contributed by atoms with Gasteiger partial charge in [0.1, 0.15) is 5.69 Å². The first-order valence-electron chi connectivity index (χ1n) is 10.3. The molecule has 1 amide bonds. The van der Waals surface area contributed by atoms with Crippen LogP contribution in [0.5, 0.6) is 0 Å². The minimum absolute atomic E-state index is 0.00993. The van der Waals surface area contributed by atoms with Gasteiger partial charge in [-0.25, -0.2) is 19.7 Å². The number of anilines is 1. The minimum atomic E-state index is -5.08. The highest BCUT2D eigenvalue weighted by molar-refractivity contribution is 7.09. The number of piperazine rings is 1. The molecule has 5 heterocycles. The summed E-state index contributed by atoms with van der Waals surface area (Å²) in [7, 11) is 0. The highest BCUT2D eigenvalue weighted by Gasteiger charge is 2.38. The van der Waals surface area contributed by atoms with E-state index in [4.69, 9.17) is 9.90 Å². The van der Waals surface area contributed by atoms with Crippen LogP contribution in [0.4, 0.5) is 19.0 Å². The summed E-state index contributed by atoms with van der Waals surface area (Å²) in [6.45, 7) is 4.66. The fraction of sp³-hybridized carbons (Fsp3) is 0.286. The lowest BCUT2D eigenvalue weighted by atomic mass is 10.2. The van der Waals surface area contributed by atoms with Crippen LogP contribution in [0.1, 0.15) is 15.5 Å². The van der Waals surface area contributed by atoms with Crippen LogP contribution in [0.25, 0.3) is 16.9 Å². The van der Waals surface area contributed by atoms with Crippen LogP contribution in [0, 0.1) is 6.92 Å². The van der Waals surface area contributed by atoms with E-state index in [1.54, 1.807) is 11.3 Å². The Balaban J connectivity index is 0.000000364. The molecule has 1 fully saturated rings. The van der Waals surface area contributed by atoms with E-state index in [9.17, 15) is 18.0 Å². The number of carboxylic acid groups (broad SMARTS) is 1. The number of halogens is 3. The predicted molar refractivity (Wildman–Crippen MR) is 125 cm³/mol. The molecule has 0 atom stereocenters. The largest absolute Gasteiger partial charge is 0.490 e. The highest BCUT2D eigenvalue weighted by atomic mass is 32.1. The van der Waals surface area contributed by atoms with E-state index >= 15 is 0 Å². The van der Waals surface area contributed by atoms with Gasteiger partial charge in [0.05, 0.1) is 16.9 Å². The van der Waals surface area contributed by atoms with Gasteiger partial charge in [-0.3, -0.25) is 9.20 Å². The Morgan fingerprint density at radius 1 is 1.11 bits per heavy atom. The van der Waals surface area contributed by atoms with E-state index in [0.29, 0.717) is 18.8 Å². The van der Waals surface area contributed by atoms with E-state index in [-0.39, 0.29) is 5.91 Å². The number of aliphatic carboxylic acids is 1. The number of carbonyl (C=O) groups excluding carboxylic acids is 1. The van der Waals surface area contributed by atoms with Crippen molar-refractivity contribution < 1.29 is 27.9 Å². The number of alkyl halides is 3. The second-order valence-electron chi connectivity index (χ2n) is 7.43. The Morgan fingerprint density at radius 3 is 2.40 bits per heavy atom. The molecule has 14 heteroatoms. The first kappa shape index (κ1) is 24.6. The average Bonchev–Trinajstić information content (AvgIpc) is 3.59. The number of aromatic nitrogens is 4. The first-order chi connectivity index (χ1) is 16.6. The van der Waals surface area contributed by atoms with Gasteiger partial charge in [-0.2, -0.15) is 24.5 Å². The topological polar surface area (TPSA) is 104 Å². The molecule has 4 aromatic rings. The zero-order chi connectivity index (χ0) is 25.2. The fourth-order valence-corrected chi connectivity index (χ4v) is 4.73. The summed E-state index contributed by atoms with van der Waals surface area (Å²) in [5.74, 6) is -1.89. The Morgan fingerprint density at radius 2 is 1.83 bits per heavy atom. The third-order valence-corrected chi connectivity index (χ3v) is 6.63. The third-order valence-electron chi connectivity index (χ3n) is 5.17. The number of rotatable bonds is 3. The fourth-order valence-electron chi connectivity index (χ4n) is 3.50. The molecule has 184 valence electrons. The van der Waals surface area contributed by atoms with E-state index in [1.165, 1.54) is 11.3 Å². The molecule has 0 radical (unpaired) electrons. The van der Waals surface area contributed by atoms with E-state index < -0.39 is 12.1 Å². The summed E-state index contributed by atoms with van der Waals surface area (Å²) in [6.07, 6.45) is 0.575. The number of hydrogen-bond donors (Lipinski definition) is 1. The Kier molecular flexibility index (Phi) is 7.03. The quantitative estimate of drug-likeness (QED) is 0.435. The smallest absolute Gasteiger partial charge is 0.475 e. The summed E-state index contributed by atoms with van der Waals surface area (Å²) >= 11 is 3.18. The van der Waals surface area contributed by atoms with Gasteiger partial charge in [0, 0.05) is 54.9 Å². The Bertz CT molecular complexity index is 1330. The van der Waals surface area contributed by atoms with Gasteiger partial charge in [-0.05, 0) is 18.4 Å². The Labute approximate surface area is 205 Å². The number of fused-ring (bicyclic) bond motifs is 1. The van der Waals surface area contributed by atoms with Crippen molar-refractivity contribution in [2.75, 3.05) is 31.1 Å². The van der Waals surface area contributed by atoms with E-state index in [2.05, 4.69) is 41.1 Å². The molecule has 1 saturated heterocycles. The van der Waals surface area contributed by atoms with Gasteiger partial charge in [0.25, 0.3) is 5.91 Å². The number of carboxylic acids is 1. The highest BCUT2D eigenvalue weighted by Crippen LogP contribution is 2.27. The number of thiophene rings is 1. The summed E-state index contributed by atoms with van der Waals surface area (Å²) in [6, 6.07) is 2.10. The number of amides is 1. The average molecular weight is 525 g/mol. The number of hydrogen-bond acceptors (Lipinski definition) is 8. The van der Waals surface area contributed by atoms with Crippen molar-refractivity contribution in [3.8, 4) is 11.3 Å². The molecule has 9 nitrogen and oxygen atoms in total. The lowest BCUT2D eigenvalue weighted by molar-refractivity contribution is -0.192. The molecule has 4 aromatic heterocycles. The van der Waals surface area contributed by atoms with Crippen molar-refractivity contribution in [2.24, 2.45) is 0 Å². The van der Waals surface area contributed by atoms with Crippen LogP contribution in [0.2, 0.25) is 0 Å². The number of carbonyl (C=O) groups is 2. The second-order valence-corrected chi connectivity index (χ2v) is 9.28. The zero-order valence-electron chi connectivity index (χ0n) is 18.3. The van der Waals surface area contributed by atoms with Gasteiger partial charge < -0.3 is 14.9 Å². The molecular weight excluding hydrogens is 505 g/mol. The molecule has 0 spiro atoms. The molecule has 0 aliphatic carbocycles. The lowest BCUT2D eigenvalue weighted by Crippen LogP contribution is -2.49. The third kappa shape index (κ3) is 5.43. The van der Waals surface area contributed by atoms with Gasteiger partial charge in [0.15, 0.2) is 11.5 Å². The lowest BCUT2D eigenvalue weighted by Gasteiger charge is -2.35. The van der Waals surface area contributed by atoms with Crippen molar-refractivity contribution in [2.45, 2.75) is 13.1 Å². The van der Waals surface area contributed by atoms with Gasteiger partial charge in [-0.15, -0.1) is 11.3 Å². The number of thiazole rings is 1. The van der Waals surface area contributed by atoms with Crippen LogP contribution in [-0.2, 0) is 4.79 Å². The first-order valence-corrected chi connectivity index (χ1v) is 12.1. The van der Waals surface area contributed by atoms with Crippen LogP contribution < -0.4 is 4.90 Å². The summed E-state index contributed by atoms with van der Waals surface area (Å²) in [4.78, 5) is 39.1. The van der Waals surface area contributed by atoms with Gasteiger partial charge >= 0.3 is 12.1 Å². The van der Waals surface area contributed by atoms with E-state index in [0.717, 1.165) is 40.8 Å². The van der Waals surface area contributed by atoms with Gasteiger partial charge in [-0.1, -0.05) is 0 Å². The maximum atomic E-state index is 12.6. The predicted octanol–water partition coefficient (Wildman–Crippen LogP) is 3.82. The van der Waals surface area contributed by atoms with Crippen molar-refractivity contribution in [1.82, 2.24) is 24.3 Å². The van der Waals surface area contributed by atoms with Crippen molar-refractivity contribution in [3.05, 3.63) is 51.5 Å². The monoisotopic (exact) mass is 524 g/mol. The van der Waals surface area contributed by atoms with Crippen LogP contribution in [0.3, 0.4) is 0 Å². The van der Waals surface area contributed by atoms with Crippen LogP contribution in [0.15, 0.2) is 40.8 Å². The summed E-state index contributed by atoms with van der Waals surface area (Å²) < 4.78 is 33.8. The maximum absolute atomic E-state index is 12.6. The number of aryl methyl sites for hydroxylation is 1. The van der Waals surface area contributed by atoms with Gasteiger partial charge in [0.2, 0.25) is 0 Å². The maximum Gasteiger partial charge on any atom is 0.490 e. The summed E-state index contributed by atoms with van der Waals surface area (Å²) in [5.41, 5.74) is 3.61.